The molecule has 0 aromatic heterocycles. The lowest BCUT2D eigenvalue weighted by molar-refractivity contribution is -0.200. The first-order valence-electron chi connectivity index (χ1n) is 13.4. The van der Waals surface area contributed by atoms with Gasteiger partial charge < -0.3 is 33.4 Å². The molecule has 11 heteroatoms. The second kappa shape index (κ2) is 11.0. The van der Waals surface area contributed by atoms with Crippen LogP contribution < -0.4 is 14.4 Å². The zero-order valence-electron chi connectivity index (χ0n) is 23.6. The third kappa shape index (κ3) is 5.52. The van der Waals surface area contributed by atoms with Gasteiger partial charge in [0.1, 0.15) is 0 Å². The maximum absolute atomic E-state index is 14.0. The lowest BCUT2D eigenvalue weighted by Crippen LogP contribution is -2.60. The molecule has 0 radical (unpaired) electrons. The van der Waals surface area contributed by atoms with E-state index in [0.717, 1.165) is 17.7 Å². The van der Waals surface area contributed by atoms with Gasteiger partial charge in [0.15, 0.2) is 32.3 Å². The number of hydrogen-bond donors (Lipinski definition) is 1. The van der Waals surface area contributed by atoms with Gasteiger partial charge in [-0.1, -0.05) is 20.8 Å². The Morgan fingerprint density at radius 1 is 1.11 bits per heavy atom. The van der Waals surface area contributed by atoms with Crippen LogP contribution in [0.3, 0.4) is 0 Å². The van der Waals surface area contributed by atoms with Crippen LogP contribution in [0.4, 0.5) is 10.5 Å². The van der Waals surface area contributed by atoms with E-state index in [2.05, 4.69) is 33.9 Å². The van der Waals surface area contributed by atoms with Crippen LogP contribution in [0.25, 0.3) is 0 Å². The molecule has 2 amide bonds. The quantitative estimate of drug-likeness (QED) is 0.490. The van der Waals surface area contributed by atoms with E-state index in [1.807, 2.05) is 0 Å². The minimum atomic E-state index is -2.10. The van der Waals surface area contributed by atoms with Gasteiger partial charge in [-0.3, -0.25) is 4.79 Å². The van der Waals surface area contributed by atoms with E-state index in [1.54, 1.807) is 17.0 Å². The summed E-state index contributed by atoms with van der Waals surface area (Å²) in [6.07, 6.45) is 0.762. The summed E-state index contributed by atoms with van der Waals surface area (Å²) in [5.74, 6) is 0.420. The van der Waals surface area contributed by atoms with E-state index in [0.29, 0.717) is 43.9 Å². The van der Waals surface area contributed by atoms with Crippen LogP contribution >= 0.6 is 0 Å². The average molecular weight is 551 g/mol. The highest BCUT2D eigenvalue weighted by atomic mass is 28.4. The van der Waals surface area contributed by atoms with Crippen molar-refractivity contribution in [2.24, 2.45) is 0 Å². The third-order valence-electron chi connectivity index (χ3n) is 8.34. The second-order valence-electron chi connectivity index (χ2n) is 11.8. The van der Waals surface area contributed by atoms with E-state index in [1.165, 1.54) is 14.2 Å². The lowest BCUT2D eigenvalue weighted by atomic mass is 9.97. The zero-order valence-corrected chi connectivity index (χ0v) is 24.6. The van der Waals surface area contributed by atoms with Gasteiger partial charge in [-0.05, 0) is 56.3 Å². The van der Waals surface area contributed by atoms with Crippen molar-refractivity contribution in [3.63, 3.8) is 0 Å². The van der Waals surface area contributed by atoms with Crippen LogP contribution in [0.2, 0.25) is 18.1 Å². The molecule has 4 rings (SSSR count). The summed E-state index contributed by atoms with van der Waals surface area (Å²) in [6, 6.07) is 2.54. The molecule has 3 aliphatic rings. The summed E-state index contributed by atoms with van der Waals surface area (Å²) in [5, 5.41) is 10.5. The SMILES string of the molecule is COc1cc2c(cc1OC)N(C(=O)O)C(OC1CCCCO1)C1C[C@H](O[Si](C)(C)C(C)(C)C)CCN1C2=O. The molecule has 0 aliphatic carbocycles. The smallest absolute Gasteiger partial charge is 0.414 e. The Labute approximate surface area is 226 Å². The fraction of sp³-hybridized carbons (Fsp3) is 0.704. The van der Waals surface area contributed by atoms with Crippen LogP contribution in [0.5, 0.6) is 11.5 Å². The van der Waals surface area contributed by atoms with Gasteiger partial charge in [0.05, 0.1) is 31.5 Å². The maximum Gasteiger partial charge on any atom is 0.414 e. The number of carboxylic acid groups (broad SMARTS) is 1. The van der Waals surface area contributed by atoms with Crippen LogP contribution in [-0.2, 0) is 13.9 Å². The van der Waals surface area contributed by atoms with E-state index >= 15 is 0 Å². The molecule has 212 valence electrons. The van der Waals surface area contributed by atoms with Crippen LogP contribution in [-0.4, -0.2) is 82.4 Å². The number of methoxy groups -OCH3 is 2. The summed E-state index contributed by atoms with van der Waals surface area (Å²) in [4.78, 5) is 29.8. The highest BCUT2D eigenvalue weighted by molar-refractivity contribution is 6.74. The molecule has 38 heavy (non-hydrogen) atoms. The number of piperidine rings is 1. The van der Waals surface area contributed by atoms with Gasteiger partial charge in [0, 0.05) is 25.3 Å². The first kappa shape index (κ1) is 28.7. The highest BCUT2D eigenvalue weighted by Crippen LogP contribution is 2.44. The first-order valence-corrected chi connectivity index (χ1v) is 16.3. The summed E-state index contributed by atoms with van der Waals surface area (Å²) in [5.41, 5.74) is 0.437. The van der Waals surface area contributed by atoms with Crippen LogP contribution in [0.15, 0.2) is 12.1 Å². The van der Waals surface area contributed by atoms with Crippen molar-refractivity contribution >= 4 is 26.0 Å². The number of fused-ring (bicyclic) bond motifs is 2. The molecule has 1 aromatic carbocycles. The van der Waals surface area contributed by atoms with E-state index < -0.39 is 33.0 Å². The molecule has 0 spiro atoms. The van der Waals surface area contributed by atoms with Gasteiger partial charge in [-0.2, -0.15) is 0 Å². The predicted molar refractivity (Wildman–Crippen MR) is 145 cm³/mol. The molecule has 0 saturated carbocycles. The Balaban J connectivity index is 1.79. The molecule has 3 heterocycles. The molecule has 10 nitrogen and oxygen atoms in total. The molecule has 1 aromatic rings. The van der Waals surface area contributed by atoms with Crippen molar-refractivity contribution < 1.29 is 38.1 Å². The largest absolute Gasteiger partial charge is 0.493 e. The predicted octanol–water partition coefficient (Wildman–Crippen LogP) is 5.07. The fourth-order valence-electron chi connectivity index (χ4n) is 5.23. The fourth-order valence-corrected chi connectivity index (χ4v) is 6.63. The van der Waals surface area contributed by atoms with Crippen LogP contribution in [0, 0.1) is 0 Å². The van der Waals surface area contributed by atoms with Crippen molar-refractivity contribution in [2.45, 2.75) is 95.7 Å². The van der Waals surface area contributed by atoms with Gasteiger partial charge in [0.25, 0.3) is 5.91 Å². The minimum Gasteiger partial charge on any atom is -0.493 e. The third-order valence-corrected chi connectivity index (χ3v) is 12.9. The summed E-state index contributed by atoms with van der Waals surface area (Å²) in [6.45, 7) is 12.0. The van der Waals surface area contributed by atoms with E-state index in [4.69, 9.17) is 23.4 Å². The second-order valence-corrected chi connectivity index (χ2v) is 16.5. The molecule has 4 atom stereocenters. The Kier molecular flexibility index (Phi) is 8.32. The number of amides is 2. The van der Waals surface area contributed by atoms with Crippen molar-refractivity contribution in [3.8, 4) is 11.5 Å². The van der Waals surface area contributed by atoms with Gasteiger partial charge in [-0.25, -0.2) is 9.69 Å². The summed E-state index contributed by atoms with van der Waals surface area (Å²) < 4.78 is 30.0. The Hall–Kier alpha value is -2.34. The monoisotopic (exact) mass is 550 g/mol. The van der Waals surface area contributed by atoms with E-state index in [-0.39, 0.29) is 28.3 Å². The molecule has 0 bridgehead atoms. The Morgan fingerprint density at radius 3 is 2.37 bits per heavy atom. The molecule has 3 unspecified atom stereocenters. The van der Waals surface area contributed by atoms with Gasteiger partial charge >= 0.3 is 6.09 Å². The number of ether oxygens (including phenoxy) is 4. The molecular weight excluding hydrogens is 508 g/mol. The van der Waals surface area contributed by atoms with E-state index in [9.17, 15) is 14.7 Å². The lowest BCUT2D eigenvalue weighted by Gasteiger charge is -2.47. The van der Waals surface area contributed by atoms with Gasteiger partial charge in [-0.15, -0.1) is 0 Å². The van der Waals surface area contributed by atoms with Crippen molar-refractivity contribution in [1.82, 2.24) is 4.90 Å². The maximum atomic E-state index is 14.0. The van der Waals surface area contributed by atoms with Crippen molar-refractivity contribution in [2.75, 3.05) is 32.3 Å². The normalized spacial score (nSPS) is 26.3. The van der Waals surface area contributed by atoms with Crippen molar-refractivity contribution in [1.29, 1.82) is 0 Å². The number of benzene rings is 1. The van der Waals surface area contributed by atoms with Crippen molar-refractivity contribution in [3.05, 3.63) is 17.7 Å². The number of rotatable bonds is 6. The number of carbonyl (C=O) groups excluding carboxylic acids is 1. The number of anilines is 1. The standard InChI is InChI=1S/C27H42N2O8Si/c1-27(2,3)38(6,7)37-17-11-12-28-20(14-17)25(36-23-10-8-9-13-35-23)29(26(31)32)19-16-22(34-5)21(33-4)15-18(19)24(28)30/h15-17,20,23,25H,8-14H2,1-7H3,(H,31,32)/t17-,20?,23?,25?/m1/s1. The number of hydrogen-bond acceptors (Lipinski definition) is 7. The minimum absolute atomic E-state index is 0.0195. The van der Waals surface area contributed by atoms with Crippen LogP contribution in [0.1, 0.15) is 63.2 Å². The average Bonchev–Trinajstić information content (AvgIpc) is 2.95. The molecular formula is C27H42N2O8Si. The molecule has 3 aliphatic heterocycles. The summed E-state index contributed by atoms with van der Waals surface area (Å²) in [7, 11) is 0.859. The topological polar surface area (TPSA) is 107 Å². The molecule has 2 fully saturated rings. The number of carbonyl (C=O) groups is 2. The van der Waals surface area contributed by atoms with Gasteiger partial charge in [0.2, 0.25) is 0 Å². The Morgan fingerprint density at radius 2 is 1.79 bits per heavy atom. The summed E-state index contributed by atoms with van der Waals surface area (Å²) >= 11 is 0. The zero-order chi connectivity index (χ0) is 27.8. The highest BCUT2D eigenvalue weighted by Gasteiger charge is 2.49. The number of nitrogens with zero attached hydrogens (tertiary/aromatic N) is 2. The first-order chi connectivity index (χ1) is 17.9. The molecule has 1 N–H and O–H groups in total. The Bertz CT molecular complexity index is 1040. The molecule has 2 saturated heterocycles.